The zero-order valence-electron chi connectivity index (χ0n) is 13.6. The molecule has 0 saturated heterocycles. The van der Waals surface area contributed by atoms with E-state index in [1.165, 1.54) is 18.2 Å². The van der Waals surface area contributed by atoms with E-state index in [1.54, 1.807) is 18.2 Å². The fourth-order valence-electron chi connectivity index (χ4n) is 2.92. The Kier molecular flexibility index (Phi) is 4.79. The molecule has 3 rings (SSSR count). The van der Waals surface area contributed by atoms with Crippen molar-refractivity contribution in [2.24, 2.45) is 0 Å². The number of anilines is 1. The van der Waals surface area contributed by atoms with Gasteiger partial charge in [-0.2, -0.15) is 0 Å². The van der Waals surface area contributed by atoms with Gasteiger partial charge in [0.25, 0.3) is 0 Å². The number of esters is 1. The number of para-hydroxylation sites is 1. The number of ether oxygens (including phenoxy) is 1. The van der Waals surface area contributed by atoms with Crippen LogP contribution >= 0.6 is 0 Å². The van der Waals surface area contributed by atoms with Gasteiger partial charge in [0.1, 0.15) is 0 Å². The molecule has 0 spiro atoms. The molecule has 5 nitrogen and oxygen atoms in total. The van der Waals surface area contributed by atoms with E-state index in [-0.39, 0.29) is 12.5 Å². The number of hydrogen-bond donors (Lipinski definition) is 1. The third-order valence-electron chi connectivity index (χ3n) is 4.25. The van der Waals surface area contributed by atoms with Crippen LogP contribution < -0.4 is 5.32 Å². The van der Waals surface area contributed by atoms with Crippen molar-refractivity contribution in [3.63, 3.8) is 0 Å². The monoisotopic (exact) mass is 324 g/mol. The quantitative estimate of drug-likeness (QED) is 0.878. The molecule has 1 heterocycles. The second-order valence-corrected chi connectivity index (χ2v) is 5.72. The van der Waals surface area contributed by atoms with Crippen LogP contribution in [0, 0.1) is 0 Å². The van der Waals surface area contributed by atoms with E-state index in [2.05, 4.69) is 17.4 Å². The van der Waals surface area contributed by atoms with Gasteiger partial charge in [0.05, 0.1) is 19.2 Å². The Morgan fingerprint density at radius 2 is 1.79 bits per heavy atom. The summed E-state index contributed by atoms with van der Waals surface area (Å²) in [5.41, 5.74) is 3.55. The standard InChI is InChI=1S/C19H20N2O3/c1-24-19(23)16-8-4-5-9-17(16)20-12-18(22)21-11-10-14-6-2-3-7-15(14)13-21/h2-9,20H,10-13H2,1H3. The zero-order valence-corrected chi connectivity index (χ0v) is 13.6. The van der Waals surface area contributed by atoms with Gasteiger partial charge in [-0.25, -0.2) is 4.79 Å². The Bertz CT molecular complexity index is 758. The lowest BCUT2D eigenvalue weighted by molar-refractivity contribution is -0.130. The lowest BCUT2D eigenvalue weighted by atomic mass is 10.00. The summed E-state index contributed by atoms with van der Waals surface area (Å²) >= 11 is 0. The first-order valence-corrected chi connectivity index (χ1v) is 7.95. The van der Waals surface area contributed by atoms with Crippen molar-refractivity contribution in [1.82, 2.24) is 4.90 Å². The number of nitrogens with zero attached hydrogens (tertiary/aromatic N) is 1. The first kappa shape index (κ1) is 16.1. The van der Waals surface area contributed by atoms with Crippen LogP contribution in [0.1, 0.15) is 21.5 Å². The summed E-state index contributed by atoms with van der Waals surface area (Å²) in [6.07, 6.45) is 0.876. The minimum absolute atomic E-state index is 0.0178. The van der Waals surface area contributed by atoms with E-state index < -0.39 is 5.97 Å². The van der Waals surface area contributed by atoms with E-state index in [9.17, 15) is 9.59 Å². The van der Waals surface area contributed by atoms with Crippen molar-refractivity contribution in [2.75, 3.05) is 25.5 Å². The molecule has 0 radical (unpaired) electrons. The summed E-state index contributed by atoms with van der Waals surface area (Å²) in [7, 11) is 1.34. The summed E-state index contributed by atoms with van der Waals surface area (Å²) in [6, 6.07) is 15.2. The molecule has 1 amide bonds. The third kappa shape index (κ3) is 3.40. The van der Waals surface area contributed by atoms with Gasteiger partial charge in [-0.05, 0) is 29.7 Å². The second-order valence-electron chi connectivity index (χ2n) is 5.72. The molecule has 24 heavy (non-hydrogen) atoms. The second kappa shape index (κ2) is 7.17. The van der Waals surface area contributed by atoms with Gasteiger partial charge < -0.3 is 15.0 Å². The Labute approximate surface area is 141 Å². The van der Waals surface area contributed by atoms with Gasteiger partial charge in [-0.3, -0.25) is 4.79 Å². The molecule has 2 aromatic rings. The molecule has 5 heteroatoms. The topological polar surface area (TPSA) is 58.6 Å². The van der Waals surface area contributed by atoms with Gasteiger partial charge >= 0.3 is 5.97 Å². The van der Waals surface area contributed by atoms with Crippen molar-refractivity contribution >= 4 is 17.6 Å². The summed E-state index contributed by atoms with van der Waals surface area (Å²) in [5, 5.41) is 3.06. The minimum atomic E-state index is -0.419. The molecule has 0 aromatic heterocycles. The molecule has 1 aliphatic rings. The van der Waals surface area contributed by atoms with Crippen LogP contribution in [0.3, 0.4) is 0 Å². The Morgan fingerprint density at radius 3 is 2.58 bits per heavy atom. The summed E-state index contributed by atoms with van der Waals surface area (Å²) in [6.45, 7) is 1.50. The fourth-order valence-corrected chi connectivity index (χ4v) is 2.92. The maximum Gasteiger partial charge on any atom is 0.339 e. The average Bonchev–Trinajstić information content (AvgIpc) is 2.65. The Morgan fingerprint density at radius 1 is 1.08 bits per heavy atom. The molecule has 0 bridgehead atoms. The lowest BCUT2D eigenvalue weighted by Crippen LogP contribution is -2.39. The van der Waals surface area contributed by atoms with Crippen molar-refractivity contribution in [2.45, 2.75) is 13.0 Å². The first-order valence-electron chi connectivity index (χ1n) is 7.95. The number of benzene rings is 2. The van der Waals surface area contributed by atoms with Crippen LogP contribution in [0.5, 0.6) is 0 Å². The van der Waals surface area contributed by atoms with E-state index >= 15 is 0 Å². The predicted octanol–water partition coefficient (Wildman–Crippen LogP) is 2.47. The number of carbonyl (C=O) groups excluding carboxylic acids is 2. The van der Waals surface area contributed by atoms with Crippen molar-refractivity contribution in [1.29, 1.82) is 0 Å². The van der Waals surface area contributed by atoms with E-state index in [4.69, 9.17) is 4.74 Å². The molecule has 0 fully saturated rings. The molecule has 2 aromatic carbocycles. The van der Waals surface area contributed by atoms with Crippen LogP contribution in [-0.4, -0.2) is 37.0 Å². The Balaban J connectivity index is 1.64. The highest BCUT2D eigenvalue weighted by molar-refractivity contribution is 5.96. The summed E-state index contributed by atoms with van der Waals surface area (Å²) in [5.74, 6) is -0.401. The molecule has 124 valence electrons. The number of carbonyl (C=O) groups is 2. The minimum Gasteiger partial charge on any atom is -0.465 e. The van der Waals surface area contributed by atoms with Gasteiger partial charge in [0.2, 0.25) is 5.91 Å². The summed E-state index contributed by atoms with van der Waals surface area (Å²) in [4.78, 5) is 26.1. The number of amides is 1. The highest BCUT2D eigenvalue weighted by Crippen LogP contribution is 2.19. The molecule has 0 aliphatic carbocycles. The predicted molar refractivity (Wildman–Crippen MR) is 91.8 cm³/mol. The van der Waals surface area contributed by atoms with Crippen LogP contribution in [0.25, 0.3) is 0 Å². The van der Waals surface area contributed by atoms with E-state index in [0.717, 1.165) is 13.0 Å². The molecular weight excluding hydrogens is 304 g/mol. The number of hydrogen-bond acceptors (Lipinski definition) is 4. The summed E-state index contributed by atoms with van der Waals surface area (Å²) < 4.78 is 4.76. The maximum absolute atomic E-state index is 12.5. The van der Waals surface area contributed by atoms with Gasteiger partial charge in [-0.1, -0.05) is 36.4 Å². The Hall–Kier alpha value is -2.82. The fraction of sp³-hybridized carbons (Fsp3) is 0.263. The average molecular weight is 324 g/mol. The lowest BCUT2D eigenvalue weighted by Gasteiger charge is -2.29. The molecule has 0 unspecified atom stereocenters. The van der Waals surface area contributed by atoms with Crippen LogP contribution in [0.4, 0.5) is 5.69 Å². The highest BCUT2D eigenvalue weighted by atomic mass is 16.5. The molecule has 1 N–H and O–H groups in total. The number of rotatable bonds is 4. The third-order valence-corrected chi connectivity index (χ3v) is 4.25. The van der Waals surface area contributed by atoms with Crippen LogP contribution in [0.15, 0.2) is 48.5 Å². The smallest absolute Gasteiger partial charge is 0.339 e. The van der Waals surface area contributed by atoms with E-state index in [0.29, 0.717) is 17.8 Å². The largest absolute Gasteiger partial charge is 0.465 e. The normalized spacial score (nSPS) is 13.1. The van der Waals surface area contributed by atoms with E-state index in [1.807, 2.05) is 23.1 Å². The molecule has 0 saturated carbocycles. The van der Waals surface area contributed by atoms with Crippen molar-refractivity contribution < 1.29 is 14.3 Å². The molecular formula is C19H20N2O3. The van der Waals surface area contributed by atoms with Crippen molar-refractivity contribution in [3.8, 4) is 0 Å². The first-order chi connectivity index (χ1) is 11.7. The molecule has 0 atom stereocenters. The van der Waals surface area contributed by atoms with Crippen molar-refractivity contribution in [3.05, 3.63) is 65.2 Å². The highest BCUT2D eigenvalue weighted by Gasteiger charge is 2.20. The zero-order chi connectivity index (χ0) is 16.9. The van der Waals surface area contributed by atoms with Gasteiger partial charge in [0, 0.05) is 18.8 Å². The number of fused-ring (bicyclic) bond motifs is 1. The van der Waals surface area contributed by atoms with Crippen LogP contribution in [-0.2, 0) is 22.5 Å². The van der Waals surface area contributed by atoms with Gasteiger partial charge in [-0.15, -0.1) is 0 Å². The number of nitrogens with one attached hydrogen (secondary N) is 1. The van der Waals surface area contributed by atoms with Crippen LogP contribution in [0.2, 0.25) is 0 Å². The SMILES string of the molecule is COC(=O)c1ccccc1NCC(=O)N1CCc2ccccc2C1. The maximum atomic E-state index is 12.5. The number of methoxy groups -OCH3 is 1. The molecule has 1 aliphatic heterocycles. The van der Waals surface area contributed by atoms with Gasteiger partial charge in [0.15, 0.2) is 0 Å².